The van der Waals surface area contributed by atoms with Gasteiger partial charge < -0.3 is 18.9 Å². The van der Waals surface area contributed by atoms with Crippen molar-refractivity contribution in [3.63, 3.8) is 0 Å². The van der Waals surface area contributed by atoms with Crippen molar-refractivity contribution < 1.29 is 18.4 Å². The molecule has 2 aromatic heterocycles. The molecule has 1 unspecified atom stereocenters. The lowest BCUT2D eigenvalue weighted by Crippen LogP contribution is -2.41. The zero-order chi connectivity index (χ0) is 22.2. The summed E-state index contributed by atoms with van der Waals surface area (Å²) in [6, 6.07) is 14.2. The molecule has 3 aromatic rings. The number of nitrogens with zero attached hydrogens (tertiary/aromatic N) is 3. The highest BCUT2D eigenvalue weighted by atomic mass is 16.5. The SMILES string of the molecule is CC(c1ccccc1)N(Cc1ccco1)Cc1nc(C(=O)NCCN2CCOCC2)co1. The molecule has 0 aliphatic carbocycles. The molecule has 1 N–H and O–H groups in total. The van der Waals surface area contributed by atoms with Gasteiger partial charge in [-0.15, -0.1) is 0 Å². The second kappa shape index (κ2) is 11.1. The highest BCUT2D eigenvalue weighted by Crippen LogP contribution is 2.24. The summed E-state index contributed by atoms with van der Waals surface area (Å²) in [5.41, 5.74) is 1.49. The van der Waals surface area contributed by atoms with Gasteiger partial charge in [-0.1, -0.05) is 30.3 Å². The van der Waals surface area contributed by atoms with E-state index in [1.807, 2.05) is 30.3 Å². The van der Waals surface area contributed by atoms with E-state index in [9.17, 15) is 4.79 Å². The van der Waals surface area contributed by atoms with Gasteiger partial charge in [-0.25, -0.2) is 4.98 Å². The molecule has 32 heavy (non-hydrogen) atoms. The van der Waals surface area contributed by atoms with Crippen LogP contribution in [0.2, 0.25) is 0 Å². The molecule has 170 valence electrons. The quantitative estimate of drug-likeness (QED) is 0.521. The third-order valence-electron chi connectivity index (χ3n) is 5.71. The Labute approximate surface area is 188 Å². The summed E-state index contributed by atoms with van der Waals surface area (Å²) < 4.78 is 16.6. The van der Waals surface area contributed by atoms with Crippen molar-refractivity contribution in [1.29, 1.82) is 0 Å². The molecule has 3 heterocycles. The maximum Gasteiger partial charge on any atom is 0.273 e. The molecule has 4 rings (SSSR count). The molecule has 0 spiro atoms. The molecule has 8 heteroatoms. The minimum Gasteiger partial charge on any atom is -0.468 e. The molecule has 1 aromatic carbocycles. The number of furan rings is 1. The van der Waals surface area contributed by atoms with Crippen LogP contribution >= 0.6 is 0 Å². The molecule has 1 amide bonds. The number of amides is 1. The minimum atomic E-state index is -0.220. The number of rotatable bonds is 10. The summed E-state index contributed by atoms with van der Waals surface area (Å²) in [5, 5.41) is 2.93. The number of oxazole rings is 1. The van der Waals surface area contributed by atoms with E-state index in [2.05, 4.69) is 39.2 Å². The number of nitrogens with one attached hydrogen (secondary N) is 1. The highest BCUT2D eigenvalue weighted by molar-refractivity contribution is 5.91. The molecule has 1 atom stereocenters. The van der Waals surface area contributed by atoms with Crippen LogP contribution in [0, 0.1) is 0 Å². The van der Waals surface area contributed by atoms with Gasteiger partial charge in [0.15, 0.2) is 5.69 Å². The number of carbonyl (C=O) groups is 1. The van der Waals surface area contributed by atoms with Crippen LogP contribution in [0.15, 0.2) is 63.8 Å². The van der Waals surface area contributed by atoms with Crippen LogP contribution in [0.1, 0.15) is 40.7 Å². The first kappa shape index (κ1) is 22.3. The summed E-state index contributed by atoms with van der Waals surface area (Å²) in [5.74, 6) is 1.14. The van der Waals surface area contributed by atoms with Crippen LogP contribution in [0.4, 0.5) is 0 Å². The van der Waals surface area contributed by atoms with Gasteiger partial charge in [0, 0.05) is 32.2 Å². The van der Waals surface area contributed by atoms with E-state index in [1.165, 1.54) is 11.8 Å². The Kier molecular flexibility index (Phi) is 7.71. The molecule has 8 nitrogen and oxygen atoms in total. The van der Waals surface area contributed by atoms with Crippen LogP contribution < -0.4 is 5.32 Å². The lowest BCUT2D eigenvalue weighted by atomic mass is 10.1. The van der Waals surface area contributed by atoms with Crippen LogP contribution in [0.5, 0.6) is 0 Å². The van der Waals surface area contributed by atoms with Crippen LogP contribution in [0.25, 0.3) is 0 Å². The Hall–Kier alpha value is -2.94. The van der Waals surface area contributed by atoms with Crippen molar-refractivity contribution in [3.8, 4) is 0 Å². The van der Waals surface area contributed by atoms with E-state index >= 15 is 0 Å². The summed E-state index contributed by atoms with van der Waals surface area (Å²) >= 11 is 0. The summed E-state index contributed by atoms with van der Waals surface area (Å²) in [6.07, 6.45) is 3.10. The van der Waals surface area contributed by atoms with E-state index < -0.39 is 0 Å². The number of ether oxygens (including phenoxy) is 1. The van der Waals surface area contributed by atoms with E-state index in [-0.39, 0.29) is 11.9 Å². The first-order valence-electron chi connectivity index (χ1n) is 11.0. The second-order valence-corrected chi connectivity index (χ2v) is 7.91. The molecule has 1 aliphatic rings. The largest absolute Gasteiger partial charge is 0.468 e. The summed E-state index contributed by atoms with van der Waals surface area (Å²) in [4.78, 5) is 21.4. The summed E-state index contributed by atoms with van der Waals surface area (Å²) in [7, 11) is 0. The van der Waals surface area contributed by atoms with Gasteiger partial charge in [-0.2, -0.15) is 0 Å². The fourth-order valence-electron chi connectivity index (χ4n) is 3.78. The molecule has 0 radical (unpaired) electrons. The van der Waals surface area contributed by atoms with Crippen molar-refractivity contribution in [2.24, 2.45) is 0 Å². The van der Waals surface area contributed by atoms with E-state index in [4.69, 9.17) is 13.6 Å². The van der Waals surface area contributed by atoms with Gasteiger partial charge in [0.05, 0.1) is 32.6 Å². The molecule has 0 saturated carbocycles. The van der Waals surface area contributed by atoms with Crippen LogP contribution in [0.3, 0.4) is 0 Å². The molecule has 1 saturated heterocycles. The van der Waals surface area contributed by atoms with Crippen molar-refractivity contribution in [1.82, 2.24) is 20.1 Å². The number of benzene rings is 1. The smallest absolute Gasteiger partial charge is 0.273 e. The predicted molar refractivity (Wildman–Crippen MR) is 119 cm³/mol. The number of aromatic nitrogens is 1. The normalized spacial score (nSPS) is 15.7. The third kappa shape index (κ3) is 6.06. The molecule has 1 aliphatic heterocycles. The Morgan fingerprint density at radius 1 is 1.12 bits per heavy atom. The molecule has 0 bridgehead atoms. The zero-order valence-electron chi connectivity index (χ0n) is 18.4. The maximum absolute atomic E-state index is 12.5. The highest BCUT2D eigenvalue weighted by Gasteiger charge is 2.21. The van der Waals surface area contributed by atoms with Gasteiger partial charge >= 0.3 is 0 Å². The van der Waals surface area contributed by atoms with Crippen molar-refractivity contribution in [2.45, 2.75) is 26.1 Å². The first-order chi connectivity index (χ1) is 15.7. The molecular formula is C24H30N4O4. The Balaban J connectivity index is 1.36. The molecule has 1 fully saturated rings. The van der Waals surface area contributed by atoms with Crippen molar-refractivity contribution in [2.75, 3.05) is 39.4 Å². The predicted octanol–water partition coefficient (Wildman–Crippen LogP) is 3.09. The third-order valence-corrected chi connectivity index (χ3v) is 5.71. The van der Waals surface area contributed by atoms with Gasteiger partial charge in [-0.3, -0.25) is 14.6 Å². The average molecular weight is 439 g/mol. The Morgan fingerprint density at radius 2 is 1.94 bits per heavy atom. The van der Waals surface area contributed by atoms with Crippen LogP contribution in [-0.2, 0) is 17.8 Å². The first-order valence-corrected chi connectivity index (χ1v) is 11.0. The monoisotopic (exact) mass is 438 g/mol. The molecular weight excluding hydrogens is 408 g/mol. The maximum atomic E-state index is 12.5. The lowest BCUT2D eigenvalue weighted by Gasteiger charge is -2.27. The van der Waals surface area contributed by atoms with Crippen molar-refractivity contribution >= 4 is 5.91 Å². The van der Waals surface area contributed by atoms with Gasteiger partial charge in [0.2, 0.25) is 5.89 Å². The number of carbonyl (C=O) groups excluding carboxylic acids is 1. The van der Waals surface area contributed by atoms with Crippen molar-refractivity contribution in [3.05, 3.63) is 77.9 Å². The summed E-state index contributed by atoms with van der Waals surface area (Å²) in [6.45, 7) is 7.85. The fourth-order valence-corrected chi connectivity index (χ4v) is 3.78. The van der Waals surface area contributed by atoms with Crippen LogP contribution in [-0.4, -0.2) is 60.1 Å². The van der Waals surface area contributed by atoms with E-state index in [0.717, 1.165) is 38.6 Å². The minimum absolute atomic E-state index is 0.110. The standard InChI is InChI=1S/C24H30N4O4/c1-19(20-6-3-2-4-7-20)28(16-21-8-5-13-31-21)17-23-26-22(18-32-23)24(29)25-9-10-27-11-14-30-15-12-27/h2-8,13,18-19H,9-12,14-17H2,1H3,(H,25,29). The van der Waals surface area contributed by atoms with Gasteiger partial charge in [0.1, 0.15) is 12.0 Å². The van der Waals surface area contributed by atoms with E-state index in [0.29, 0.717) is 31.2 Å². The number of hydrogen-bond donors (Lipinski definition) is 1. The Bertz CT molecular complexity index is 952. The fraction of sp³-hybridized carbons (Fsp3) is 0.417. The second-order valence-electron chi connectivity index (χ2n) is 7.91. The zero-order valence-corrected chi connectivity index (χ0v) is 18.4. The lowest BCUT2D eigenvalue weighted by molar-refractivity contribution is 0.0383. The topological polar surface area (TPSA) is 84.0 Å². The van der Waals surface area contributed by atoms with Gasteiger partial charge in [-0.05, 0) is 24.6 Å². The Morgan fingerprint density at radius 3 is 2.69 bits per heavy atom. The van der Waals surface area contributed by atoms with Gasteiger partial charge in [0.25, 0.3) is 5.91 Å². The average Bonchev–Trinajstić information content (AvgIpc) is 3.52. The van der Waals surface area contributed by atoms with E-state index in [1.54, 1.807) is 6.26 Å². The number of morpholine rings is 1. The number of hydrogen-bond acceptors (Lipinski definition) is 7.